The predicted molar refractivity (Wildman–Crippen MR) is 81.2 cm³/mol. The van der Waals surface area contributed by atoms with Crippen LogP contribution in [-0.2, 0) is 9.22 Å². The van der Waals surface area contributed by atoms with Gasteiger partial charge in [-0.3, -0.25) is 4.79 Å². The van der Waals surface area contributed by atoms with E-state index in [0.29, 0.717) is 0 Å². The van der Waals surface area contributed by atoms with E-state index >= 15 is 0 Å². The zero-order valence-electron chi connectivity index (χ0n) is 13.2. The van der Waals surface area contributed by atoms with Crippen LogP contribution in [0.1, 0.15) is 34.6 Å². The van der Waals surface area contributed by atoms with Gasteiger partial charge in [-0.15, -0.1) is 12.3 Å². The van der Waals surface area contributed by atoms with E-state index in [4.69, 9.17) is 10.8 Å². The molecule has 0 aromatic carbocycles. The Bertz CT molecular complexity index is 392. The van der Waals surface area contributed by atoms with Crippen molar-refractivity contribution < 1.29 is 9.22 Å². The van der Waals surface area contributed by atoms with Crippen LogP contribution in [0.3, 0.4) is 0 Å². The van der Waals surface area contributed by atoms with Crippen molar-refractivity contribution in [1.29, 1.82) is 0 Å². The van der Waals surface area contributed by atoms with Gasteiger partial charge >= 0.3 is 0 Å². The molecule has 1 aliphatic rings. The summed E-state index contributed by atoms with van der Waals surface area (Å²) < 4.78 is 6.31. The van der Waals surface area contributed by atoms with Gasteiger partial charge in [-0.05, 0) is 32.0 Å². The van der Waals surface area contributed by atoms with Gasteiger partial charge in [0.15, 0.2) is 8.32 Å². The second-order valence-corrected chi connectivity index (χ2v) is 11.9. The van der Waals surface area contributed by atoms with Crippen molar-refractivity contribution in [1.82, 2.24) is 5.32 Å². The number of hydrogen-bond acceptors (Lipinski definition) is 2. The Morgan fingerprint density at radius 2 is 1.89 bits per heavy atom. The molecule has 0 radical (unpaired) electrons. The van der Waals surface area contributed by atoms with Crippen molar-refractivity contribution in [2.45, 2.75) is 64.9 Å². The fourth-order valence-corrected chi connectivity index (χ4v) is 3.61. The normalized spacial score (nSPS) is 26.9. The molecule has 0 unspecified atom stereocenters. The third-order valence-electron chi connectivity index (χ3n) is 4.59. The van der Waals surface area contributed by atoms with Crippen LogP contribution in [0.5, 0.6) is 0 Å². The van der Waals surface area contributed by atoms with E-state index in [1.807, 2.05) is 13.8 Å². The average molecular weight is 281 g/mol. The number of carbonyl (C=O) groups is 1. The molecule has 0 aromatic rings. The molecule has 19 heavy (non-hydrogen) atoms. The number of rotatable bonds is 4. The Morgan fingerprint density at radius 1 is 1.37 bits per heavy atom. The molecule has 1 heterocycles. The largest absolute Gasteiger partial charge is 0.413 e. The third-order valence-corrected chi connectivity index (χ3v) is 9.17. The summed E-state index contributed by atoms with van der Waals surface area (Å²) in [7, 11) is -1.85. The maximum atomic E-state index is 11.8. The number of carbonyl (C=O) groups excluding carboxylic acids is 1. The summed E-state index contributed by atoms with van der Waals surface area (Å²) in [5.41, 5.74) is 0. The van der Waals surface area contributed by atoms with Gasteiger partial charge in [-0.25, -0.2) is 0 Å². The van der Waals surface area contributed by atoms with Gasteiger partial charge in [0.1, 0.15) is 0 Å². The number of amides is 1. The molecule has 1 N–H and O–H groups in total. The molecule has 4 atom stereocenters. The highest BCUT2D eigenvalue weighted by Crippen LogP contribution is 2.39. The SMILES string of the molecule is C#C[C@@H](C)[C@H]1NC(=O)[C@@H]1[C@@H](C)O[Si](C)(C)C(C)(C)C. The number of nitrogens with one attached hydrogen (secondary N) is 1. The molecule has 3 nitrogen and oxygen atoms in total. The van der Waals surface area contributed by atoms with Crippen LogP contribution in [0.2, 0.25) is 18.1 Å². The second kappa shape index (κ2) is 5.30. The van der Waals surface area contributed by atoms with Crippen LogP contribution >= 0.6 is 0 Å². The molecule has 0 bridgehead atoms. The lowest BCUT2D eigenvalue weighted by atomic mass is 9.79. The first-order chi connectivity index (χ1) is 8.51. The highest BCUT2D eigenvalue weighted by atomic mass is 28.4. The smallest absolute Gasteiger partial charge is 0.228 e. The summed E-state index contributed by atoms with van der Waals surface area (Å²) in [5.74, 6) is 2.71. The number of hydrogen-bond donors (Lipinski definition) is 1. The van der Waals surface area contributed by atoms with E-state index < -0.39 is 8.32 Å². The predicted octanol–water partition coefficient (Wildman–Crippen LogP) is 2.78. The first kappa shape index (κ1) is 16.3. The van der Waals surface area contributed by atoms with Crippen LogP contribution < -0.4 is 5.32 Å². The lowest BCUT2D eigenvalue weighted by Gasteiger charge is -2.46. The molecule has 108 valence electrons. The standard InChI is InChI=1S/C15H27NO2Si/c1-9-10(2)13-12(14(17)16-13)11(3)18-19(7,8)15(4,5)6/h1,10-13H,2-8H3,(H,16,17)/t10-,11-,12-,13-/m1/s1. The van der Waals surface area contributed by atoms with Gasteiger partial charge in [0, 0.05) is 5.92 Å². The summed E-state index contributed by atoms with van der Waals surface area (Å²) in [4.78, 5) is 11.8. The lowest BCUT2D eigenvalue weighted by Crippen LogP contribution is -2.65. The van der Waals surface area contributed by atoms with E-state index in [0.717, 1.165) is 0 Å². The van der Waals surface area contributed by atoms with Crippen molar-refractivity contribution >= 4 is 14.2 Å². The van der Waals surface area contributed by atoms with Gasteiger partial charge in [0.25, 0.3) is 0 Å². The maximum Gasteiger partial charge on any atom is 0.228 e. The van der Waals surface area contributed by atoms with Crippen LogP contribution in [0, 0.1) is 24.2 Å². The highest BCUT2D eigenvalue weighted by molar-refractivity contribution is 6.74. The lowest BCUT2D eigenvalue weighted by molar-refractivity contribution is -0.141. The van der Waals surface area contributed by atoms with Gasteiger partial charge in [-0.1, -0.05) is 20.8 Å². The van der Waals surface area contributed by atoms with Crippen molar-refractivity contribution in [2.75, 3.05) is 0 Å². The molecule has 1 amide bonds. The molecule has 0 aromatic heterocycles. The Kier molecular flexibility index (Phi) is 4.53. The van der Waals surface area contributed by atoms with Crippen molar-refractivity contribution in [2.24, 2.45) is 11.8 Å². The van der Waals surface area contributed by atoms with Crippen molar-refractivity contribution in [3.63, 3.8) is 0 Å². The Hall–Kier alpha value is -0.793. The van der Waals surface area contributed by atoms with E-state index in [9.17, 15) is 4.79 Å². The first-order valence-electron chi connectivity index (χ1n) is 6.95. The Labute approximate surface area is 118 Å². The molecular weight excluding hydrogens is 254 g/mol. The molecule has 1 fully saturated rings. The average Bonchev–Trinajstić information content (AvgIpc) is 2.22. The fourth-order valence-electron chi connectivity index (χ4n) is 2.18. The number of β-lactam (4-membered cyclic amide) rings is 1. The molecule has 0 saturated carbocycles. The zero-order valence-corrected chi connectivity index (χ0v) is 14.2. The van der Waals surface area contributed by atoms with Gasteiger partial charge in [0.05, 0.1) is 18.1 Å². The summed E-state index contributed by atoms with van der Waals surface area (Å²) in [5, 5.41) is 3.05. The van der Waals surface area contributed by atoms with E-state index in [-0.39, 0.29) is 34.9 Å². The summed E-state index contributed by atoms with van der Waals surface area (Å²) >= 11 is 0. The summed E-state index contributed by atoms with van der Waals surface area (Å²) in [6.07, 6.45) is 5.38. The monoisotopic (exact) mass is 281 g/mol. The van der Waals surface area contributed by atoms with Gasteiger partial charge < -0.3 is 9.74 Å². The van der Waals surface area contributed by atoms with Crippen molar-refractivity contribution in [3.05, 3.63) is 0 Å². The van der Waals surface area contributed by atoms with Crippen LogP contribution in [0.15, 0.2) is 0 Å². The molecular formula is C15H27NO2Si. The fraction of sp³-hybridized carbons (Fsp3) is 0.800. The minimum atomic E-state index is -1.85. The minimum absolute atomic E-state index is 0.0492. The maximum absolute atomic E-state index is 11.8. The Morgan fingerprint density at radius 3 is 2.26 bits per heavy atom. The minimum Gasteiger partial charge on any atom is -0.413 e. The van der Waals surface area contributed by atoms with Crippen LogP contribution in [0.4, 0.5) is 0 Å². The second-order valence-electron chi connectivity index (χ2n) is 7.10. The first-order valence-corrected chi connectivity index (χ1v) is 9.86. The molecule has 0 aliphatic carbocycles. The summed E-state index contributed by atoms with van der Waals surface area (Å²) in [6, 6.07) is 0.0530. The van der Waals surface area contributed by atoms with Gasteiger partial charge in [-0.2, -0.15) is 0 Å². The van der Waals surface area contributed by atoms with Gasteiger partial charge in [0.2, 0.25) is 5.91 Å². The number of terminal acetylenes is 1. The van der Waals surface area contributed by atoms with E-state index in [2.05, 4.69) is 45.1 Å². The van der Waals surface area contributed by atoms with Crippen molar-refractivity contribution in [3.8, 4) is 12.3 Å². The highest BCUT2D eigenvalue weighted by Gasteiger charge is 2.48. The molecule has 0 spiro atoms. The summed E-state index contributed by atoms with van der Waals surface area (Å²) in [6.45, 7) is 15.0. The molecule has 4 heteroatoms. The van der Waals surface area contributed by atoms with E-state index in [1.165, 1.54) is 0 Å². The Balaban J connectivity index is 2.76. The van der Waals surface area contributed by atoms with Crippen LogP contribution in [-0.4, -0.2) is 26.4 Å². The third kappa shape index (κ3) is 3.21. The molecule has 1 rings (SSSR count). The van der Waals surface area contributed by atoms with Crippen LogP contribution in [0.25, 0.3) is 0 Å². The topological polar surface area (TPSA) is 38.3 Å². The van der Waals surface area contributed by atoms with E-state index in [1.54, 1.807) is 0 Å². The quantitative estimate of drug-likeness (QED) is 0.489. The molecule has 1 aliphatic heterocycles. The zero-order chi connectivity index (χ0) is 15.0. The molecule has 1 saturated heterocycles.